The van der Waals surface area contributed by atoms with Crippen LogP contribution in [0.15, 0.2) is 30.3 Å². The molecule has 1 aliphatic carbocycles. The number of ether oxygens (including phenoxy) is 3. The summed E-state index contributed by atoms with van der Waals surface area (Å²) < 4.78 is 17.0. The molecule has 3 rings (SSSR count). The minimum absolute atomic E-state index is 0.0000118. The van der Waals surface area contributed by atoms with Crippen LogP contribution < -0.4 is 4.74 Å². The normalized spacial score (nSPS) is 15.5. The van der Waals surface area contributed by atoms with E-state index < -0.39 is 6.16 Å². The number of hydrogen-bond acceptors (Lipinski definition) is 7. The Hall–Kier alpha value is -3.16. The Morgan fingerprint density at radius 2 is 1.93 bits per heavy atom. The van der Waals surface area contributed by atoms with Gasteiger partial charge in [0.15, 0.2) is 5.78 Å². The molecular weight excluding hydrogens is 376 g/mol. The summed E-state index contributed by atoms with van der Waals surface area (Å²) in [6.45, 7) is 4.02. The second kappa shape index (κ2) is 9.36. The summed E-state index contributed by atoms with van der Waals surface area (Å²) in [6.07, 6.45) is 0.877. The zero-order valence-electron chi connectivity index (χ0n) is 16.6. The molecule has 1 aromatic heterocycles. The van der Waals surface area contributed by atoms with Gasteiger partial charge >= 0.3 is 12.1 Å². The standard InChI is InChI=1S/C21H24N2O6/c1-14-11-18-20(19(25)12-14)17(22-23(18)9-6-10-27-15(2)24)13-28-21(26)29-16-7-4-3-5-8-16/h3-5,7-8,14H,6,9-13H2,1-2H3. The highest BCUT2D eigenvalue weighted by molar-refractivity contribution is 5.99. The zero-order chi connectivity index (χ0) is 20.8. The minimum Gasteiger partial charge on any atom is -0.466 e. The molecule has 154 valence electrons. The fourth-order valence-corrected chi connectivity index (χ4v) is 3.36. The van der Waals surface area contributed by atoms with E-state index in [0.29, 0.717) is 36.4 Å². The lowest BCUT2D eigenvalue weighted by Crippen LogP contribution is -2.21. The summed E-state index contributed by atoms with van der Waals surface area (Å²) >= 11 is 0. The summed E-state index contributed by atoms with van der Waals surface area (Å²) in [4.78, 5) is 35.5. The molecule has 1 aromatic carbocycles. The van der Waals surface area contributed by atoms with Gasteiger partial charge in [0.05, 0.1) is 12.2 Å². The van der Waals surface area contributed by atoms with Gasteiger partial charge in [0.1, 0.15) is 18.1 Å². The molecule has 8 heteroatoms. The van der Waals surface area contributed by atoms with Gasteiger partial charge in [-0.2, -0.15) is 5.10 Å². The molecule has 0 bridgehead atoms. The van der Waals surface area contributed by atoms with Crippen LogP contribution in [0.4, 0.5) is 4.79 Å². The van der Waals surface area contributed by atoms with Gasteiger partial charge in [0.2, 0.25) is 0 Å². The molecular formula is C21H24N2O6. The lowest BCUT2D eigenvalue weighted by atomic mass is 9.87. The monoisotopic (exact) mass is 400 g/mol. The largest absolute Gasteiger partial charge is 0.514 e. The van der Waals surface area contributed by atoms with Crippen LogP contribution >= 0.6 is 0 Å². The van der Waals surface area contributed by atoms with Crippen LogP contribution in [0.5, 0.6) is 5.75 Å². The molecule has 1 unspecified atom stereocenters. The van der Waals surface area contributed by atoms with Crippen molar-refractivity contribution >= 4 is 17.9 Å². The van der Waals surface area contributed by atoms with Gasteiger partial charge in [0, 0.05) is 32.0 Å². The first-order chi connectivity index (χ1) is 13.9. The van der Waals surface area contributed by atoms with Crippen LogP contribution in [-0.4, -0.2) is 34.3 Å². The number of carbonyl (C=O) groups is 3. The van der Waals surface area contributed by atoms with Gasteiger partial charge < -0.3 is 14.2 Å². The molecule has 0 N–H and O–H groups in total. The minimum atomic E-state index is -0.856. The molecule has 1 heterocycles. The highest BCUT2D eigenvalue weighted by Crippen LogP contribution is 2.28. The Bertz CT molecular complexity index is 890. The second-order valence-corrected chi connectivity index (χ2v) is 7.08. The van der Waals surface area contributed by atoms with Crippen LogP contribution in [0, 0.1) is 5.92 Å². The van der Waals surface area contributed by atoms with Gasteiger partial charge in [-0.1, -0.05) is 25.1 Å². The number of nitrogens with zero attached hydrogens (tertiary/aromatic N) is 2. The smallest absolute Gasteiger partial charge is 0.466 e. The van der Waals surface area contributed by atoms with Crippen molar-refractivity contribution in [2.24, 2.45) is 5.92 Å². The molecule has 8 nitrogen and oxygen atoms in total. The van der Waals surface area contributed by atoms with Gasteiger partial charge in [-0.25, -0.2) is 4.79 Å². The fourth-order valence-electron chi connectivity index (χ4n) is 3.36. The van der Waals surface area contributed by atoms with E-state index in [1.54, 1.807) is 28.9 Å². The number of esters is 1. The predicted molar refractivity (Wildman–Crippen MR) is 103 cm³/mol. The maximum Gasteiger partial charge on any atom is 0.514 e. The maximum absolute atomic E-state index is 12.6. The van der Waals surface area contributed by atoms with E-state index in [9.17, 15) is 14.4 Å². The summed E-state index contributed by atoms with van der Waals surface area (Å²) in [5, 5.41) is 4.49. The van der Waals surface area contributed by atoms with Crippen molar-refractivity contribution < 1.29 is 28.6 Å². The van der Waals surface area contributed by atoms with Crippen molar-refractivity contribution in [1.29, 1.82) is 0 Å². The summed E-state index contributed by atoms with van der Waals surface area (Å²) in [6, 6.07) is 8.59. The Kier molecular flexibility index (Phi) is 6.64. The van der Waals surface area contributed by atoms with Crippen LogP contribution in [0.3, 0.4) is 0 Å². The van der Waals surface area contributed by atoms with Crippen molar-refractivity contribution in [1.82, 2.24) is 9.78 Å². The number of ketones is 1. The number of hydrogen-bond donors (Lipinski definition) is 0. The zero-order valence-corrected chi connectivity index (χ0v) is 16.6. The quantitative estimate of drug-likeness (QED) is 0.399. The van der Waals surface area contributed by atoms with Crippen LogP contribution in [0.2, 0.25) is 0 Å². The average Bonchev–Trinajstić information content (AvgIpc) is 3.02. The van der Waals surface area contributed by atoms with Crippen LogP contribution in [0.1, 0.15) is 48.4 Å². The van der Waals surface area contributed by atoms with Crippen LogP contribution in [-0.2, 0) is 33.8 Å². The highest BCUT2D eigenvalue weighted by Gasteiger charge is 2.30. The predicted octanol–water partition coefficient (Wildman–Crippen LogP) is 3.32. The molecule has 2 aromatic rings. The Labute approximate surface area is 168 Å². The first-order valence-electron chi connectivity index (χ1n) is 9.58. The number of fused-ring (bicyclic) bond motifs is 1. The van der Waals surface area contributed by atoms with Gasteiger partial charge in [-0.15, -0.1) is 0 Å². The third-order valence-electron chi connectivity index (χ3n) is 4.58. The Morgan fingerprint density at radius 1 is 1.17 bits per heavy atom. The third-order valence-corrected chi connectivity index (χ3v) is 4.58. The SMILES string of the molecule is CC(=O)OCCCn1nc(COC(=O)Oc2ccccc2)c2c1CC(C)CC2=O. The third kappa shape index (κ3) is 5.43. The lowest BCUT2D eigenvalue weighted by Gasteiger charge is -2.19. The molecule has 0 fully saturated rings. The van der Waals surface area contributed by atoms with Crippen molar-refractivity contribution in [3.05, 3.63) is 47.3 Å². The molecule has 0 spiro atoms. The summed E-state index contributed by atoms with van der Waals surface area (Å²) in [7, 11) is 0. The number of benzene rings is 1. The average molecular weight is 400 g/mol. The molecule has 0 saturated heterocycles. The van der Waals surface area contributed by atoms with E-state index in [2.05, 4.69) is 5.10 Å². The molecule has 0 radical (unpaired) electrons. The van der Waals surface area contributed by atoms with Crippen LogP contribution in [0.25, 0.3) is 0 Å². The second-order valence-electron chi connectivity index (χ2n) is 7.08. The topological polar surface area (TPSA) is 96.7 Å². The number of carbonyl (C=O) groups excluding carboxylic acids is 3. The summed E-state index contributed by atoms with van der Waals surface area (Å²) in [5.74, 6) is 0.262. The Morgan fingerprint density at radius 3 is 2.66 bits per heavy atom. The van der Waals surface area contributed by atoms with Gasteiger partial charge in [0.25, 0.3) is 0 Å². The van der Waals surface area contributed by atoms with Crippen molar-refractivity contribution in [3.63, 3.8) is 0 Å². The van der Waals surface area contributed by atoms with Crippen molar-refractivity contribution in [2.45, 2.75) is 46.3 Å². The number of Topliss-reactive ketones (excluding diaryl/α,β-unsaturated/α-hetero) is 1. The van der Waals surface area contributed by atoms with Gasteiger partial charge in [-0.05, 0) is 24.5 Å². The highest BCUT2D eigenvalue weighted by atomic mass is 16.7. The molecule has 1 aliphatic rings. The van der Waals surface area contributed by atoms with E-state index in [4.69, 9.17) is 14.2 Å². The van der Waals surface area contributed by atoms with E-state index in [0.717, 1.165) is 12.1 Å². The fraction of sp³-hybridized carbons (Fsp3) is 0.429. The van der Waals surface area contributed by atoms with E-state index in [1.807, 2.05) is 13.0 Å². The molecule has 29 heavy (non-hydrogen) atoms. The van der Waals surface area contributed by atoms with Crippen molar-refractivity contribution in [3.8, 4) is 5.75 Å². The first-order valence-corrected chi connectivity index (χ1v) is 9.58. The molecule has 0 aliphatic heterocycles. The number of para-hydroxylation sites is 1. The molecule has 0 amide bonds. The van der Waals surface area contributed by atoms with Crippen molar-refractivity contribution in [2.75, 3.05) is 6.61 Å². The lowest BCUT2D eigenvalue weighted by molar-refractivity contribution is -0.141. The summed E-state index contributed by atoms with van der Waals surface area (Å²) in [5.41, 5.74) is 1.80. The van der Waals surface area contributed by atoms with Gasteiger partial charge in [-0.3, -0.25) is 14.3 Å². The maximum atomic E-state index is 12.6. The number of aromatic nitrogens is 2. The first kappa shape index (κ1) is 20.6. The Balaban J connectivity index is 1.69. The molecule has 1 atom stereocenters. The number of aryl methyl sites for hydroxylation is 1. The molecule has 0 saturated carbocycles. The van der Waals surface area contributed by atoms with E-state index >= 15 is 0 Å². The van der Waals surface area contributed by atoms with E-state index in [-0.39, 0.29) is 30.9 Å². The van der Waals surface area contributed by atoms with E-state index in [1.165, 1.54) is 6.92 Å². The number of rotatable bonds is 7.